The van der Waals surface area contributed by atoms with Crippen LogP contribution in [0.3, 0.4) is 0 Å². The topological polar surface area (TPSA) is 58.6 Å². The van der Waals surface area contributed by atoms with E-state index in [4.69, 9.17) is 4.74 Å². The number of benzene rings is 1. The lowest BCUT2D eigenvalue weighted by Gasteiger charge is -2.38. The maximum absolute atomic E-state index is 11.9. The summed E-state index contributed by atoms with van der Waals surface area (Å²) < 4.78 is 5.64. The Morgan fingerprint density at radius 2 is 1.86 bits per heavy atom. The third-order valence-corrected chi connectivity index (χ3v) is 3.90. The van der Waals surface area contributed by atoms with Crippen LogP contribution in [0.1, 0.15) is 45.2 Å². The molecular formula is C17H27NO3. The van der Waals surface area contributed by atoms with E-state index in [1.807, 2.05) is 32.0 Å². The van der Waals surface area contributed by atoms with Crippen LogP contribution in [0.2, 0.25) is 0 Å². The van der Waals surface area contributed by atoms with Crippen LogP contribution in [-0.4, -0.2) is 28.8 Å². The van der Waals surface area contributed by atoms with Crippen molar-refractivity contribution in [1.82, 2.24) is 5.32 Å². The zero-order chi connectivity index (χ0) is 16.3. The third-order valence-electron chi connectivity index (χ3n) is 3.90. The second-order valence-corrected chi connectivity index (χ2v) is 6.60. The van der Waals surface area contributed by atoms with Gasteiger partial charge < -0.3 is 15.2 Å². The van der Waals surface area contributed by atoms with Crippen molar-refractivity contribution in [3.05, 3.63) is 29.3 Å². The Morgan fingerprint density at radius 1 is 1.24 bits per heavy atom. The molecular weight excluding hydrogens is 266 g/mol. The van der Waals surface area contributed by atoms with Gasteiger partial charge in [0.1, 0.15) is 5.75 Å². The second-order valence-electron chi connectivity index (χ2n) is 6.60. The summed E-state index contributed by atoms with van der Waals surface area (Å²) in [7, 11) is 0. The number of ether oxygens (including phenoxy) is 1. The molecule has 0 aliphatic heterocycles. The van der Waals surface area contributed by atoms with Crippen LogP contribution in [0.15, 0.2) is 18.2 Å². The van der Waals surface area contributed by atoms with Crippen LogP contribution in [0.25, 0.3) is 0 Å². The summed E-state index contributed by atoms with van der Waals surface area (Å²) in [6.07, 6.45) is 0.257. The summed E-state index contributed by atoms with van der Waals surface area (Å²) >= 11 is 0. The van der Waals surface area contributed by atoms with Gasteiger partial charge in [-0.1, -0.05) is 17.7 Å². The molecule has 118 valence electrons. The average molecular weight is 293 g/mol. The average Bonchev–Trinajstić information content (AvgIpc) is 2.29. The van der Waals surface area contributed by atoms with Gasteiger partial charge in [0.25, 0.3) is 0 Å². The molecule has 4 nitrogen and oxygen atoms in total. The number of hydrogen-bond acceptors (Lipinski definition) is 3. The smallest absolute Gasteiger partial charge is 0.223 e. The Kier molecular flexibility index (Phi) is 5.40. The fourth-order valence-corrected chi connectivity index (χ4v) is 1.78. The summed E-state index contributed by atoms with van der Waals surface area (Å²) in [6, 6.07) is 5.95. The van der Waals surface area contributed by atoms with Gasteiger partial charge in [-0.15, -0.1) is 0 Å². The molecule has 0 saturated carbocycles. The van der Waals surface area contributed by atoms with E-state index in [9.17, 15) is 9.90 Å². The summed E-state index contributed by atoms with van der Waals surface area (Å²) in [5.41, 5.74) is 0.567. The van der Waals surface area contributed by atoms with E-state index in [0.29, 0.717) is 6.61 Å². The number of hydrogen-bond donors (Lipinski definition) is 2. The number of aryl methyl sites for hydroxylation is 2. The summed E-state index contributed by atoms with van der Waals surface area (Å²) in [5, 5.41) is 12.9. The molecule has 0 heterocycles. The normalized spacial score (nSPS) is 12.1. The van der Waals surface area contributed by atoms with E-state index in [-0.39, 0.29) is 12.3 Å². The van der Waals surface area contributed by atoms with Gasteiger partial charge in [0, 0.05) is 0 Å². The van der Waals surface area contributed by atoms with Crippen molar-refractivity contribution in [2.45, 2.75) is 59.1 Å². The lowest BCUT2D eigenvalue weighted by atomic mass is 9.86. The largest absolute Gasteiger partial charge is 0.493 e. The highest BCUT2D eigenvalue weighted by Gasteiger charge is 2.36. The van der Waals surface area contributed by atoms with Crippen molar-refractivity contribution in [2.24, 2.45) is 0 Å². The first-order chi connectivity index (χ1) is 9.53. The van der Waals surface area contributed by atoms with Crippen LogP contribution in [0, 0.1) is 13.8 Å². The van der Waals surface area contributed by atoms with Crippen LogP contribution in [0.4, 0.5) is 0 Å². The first kappa shape index (κ1) is 17.5. The molecule has 21 heavy (non-hydrogen) atoms. The molecule has 0 aliphatic carbocycles. The molecule has 1 amide bonds. The molecule has 0 unspecified atom stereocenters. The maximum Gasteiger partial charge on any atom is 0.223 e. The van der Waals surface area contributed by atoms with Gasteiger partial charge in [-0.05, 0) is 53.2 Å². The van der Waals surface area contributed by atoms with Crippen LogP contribution < -0.4 is 10.1 Å². The quantitative estimate of drug-likeness (QED) is 0.848. The maximum atomic E-state index is 11.9. The third kappa shape index (κ3) is 5.05. The highest BCUT2D eigenvalue weighted by Crippen LogP contribution is 2.21. The van der Waals surface area contributed by atoms with E-state index in [1.165, 1.54) is 5.56 Å². The van der Waals surface area contributed by atoms with Gasteiger partial charge >= 0.3 is 0 Å². The molecule has 0 saturated heterocycles. The Labute approximate surface area is 127 Å². The first-order valence-corrected chi connectivity index (χ1v) is 7.26. The Hall–Kier alpha value is -1.55. The van der Waals surface area contributed by atoms with E-state index < -0.39 is 11.1 Å². The lowest BCUT2D eigenvalue weighted by Crippen LogP contribution is -2.57. The first-order valence-electron chi connectivity index (χ1n) is 7.26. The van der Waals surface area contributed by atoms with Gasteiger partial charge in [0.15, 0.2) is 0 Å². The molecule has 0 radical (unpaired) electrons. The molecule has 1 aromatic rings. The highest BCUT2D eigenvalue weighted by molar-refractivity contribution is 5.77. The van der Waals surface area contributed by atoms with E-state index in [2.05, 4.69) is 5.32 Å². The van der Waals surface area contributed by atoms with Crippen molar-refractivity contribution >= 4 is 5.91 Å². The summed E-state index contributed by atoms with van der Waals surface area (Å²) in [6.45, 7) is 11.3. The van der Waals surface area contributed by atoms with E-state index in [0.717, 1.165) is 11.3 Å². The van der Waals surface area contributed by atoms with Crippen LogP contribution in [-0.2, 0) is 4.79 Å². The fraction of sp³-hybridized carbons (Fsp3) is 0.588. The van der Waals surface area contributed by atoms with Crippen molar-refractivity contribution < 1.29 is 14.6 Å². The van der Waals surface area contributed by atoms with E-state index in [1.54, 1.807) is 27.7 Å². The summed E-state index contributed by atoms with van der Waals surface area (Å²) in [5.74, 6) is 0.669. The number of rotatable bonds is 6. The molecule has 1 aromatic carbocycles. The van der Waals surface area contributed by atoms with Crippen LogP contribution >= 0.6 is 0 Å². The van der Waals surface area contributed by atoms with Gasteiger partial charge in [0.2, 0.25) is 5.91 Å². The number of aliphatic hydroxyl groups is 1. The molecule has 0 atom stereocenters. The molecule has 0 aliphatic rings. The predicted molar refractivity (Wildman–Crippen MR) is 84.5 cm³/mol. The van der Waals surface area contributed by atoms with E-state index >= 15 is 0 Å². The Balaban J connectivity index is 2.47. The predicted octanol–water partition coefficient (Wildman–Crippen LogP) is 2.74. The molecule has 0 spiro atoms. The molecule has 1 rings (SSSR count). The molecule has 0 bridgehead atoms. The zero-order valence-electron chi connectivity index (χ0n) is 13.9. The zero-order valence-corrected chi connectivity index (χ0v) is 13.9. The SMILES string of the molecule is Cc1ccc(OCCC(=O)NC(C)(C)C(C)(C)O)c(C)c1. The molecule has 0 aromatic heterocycles. The second kappa shape index (κ2) is 6.48. The standard InChI is InChI=1S/C17H27NO3/c1-12-7-8-14(13(2)11-12)21-10-9-15(19)18-16(3,4)17(5,6)20/h7-8,11,20H,9-10H2,1-6H3,(H,18,19). The lowest BCUT2D eigenvalue weighted by molar-refractivity contribution is -0.126. The number of nitrogens with one attached hydrogen (secondary N) is 1. The molecule has 2 N–H and O–H groups in total. The van der Waals surface area contributed by atoms with Gasteiger partial charge in [0.05, 0.1) is 24.2 Å². The van der Waals surface area contributed by atoms with Gasteiger partial charge in [-0.3, -0.25) is 4.79 Å². The number of amides is 1. The number of carbonyl (C=O) groups excluding carboxylic acids is 1. The minimum atomic E-state index is -0.989. The minimum Gasteiger partial charge on any atom is -0.493 e. The van der Waals surface area contributed by atoms with Crippen LogP contribution in [0.5, 0.6) is 5.75 Å². The fourth-order valence-electron chi connectivity index (χ4n) is 1.78. The van der Waals surface area contributed by atoms with Crippen molar-refractivity contribution in [2.75, 3.05) is 6.61 Å². The van der Waals surface area contributed by atoms with Gasteiger partial charge in [-0.2, -0.15) is 0 Å². The number of carbonyl (C=O) groups is 1. The van der Waals surface area contributed by atoms with Crippen molar-refractivity contribution in [1.29, 1.82) is 0 Å². The van der Waals surface area contributed by atoms with Gasteiger partial charge in [-0.25, -0.2) is 0 Å². The minimum absolute atomic E-state index is 0.133. The highest BCUT2D eigenvalue weighted by atomic mass is 16.5. The van der Waals surface area contributed by atoms with Crippen molar-refractivity contribution in [3.8, 4) is 5.75 Å². The molecule has 4 heteroatoms. The Bertz CT molecular complexity index is 501. The van der Waals surface area contributed by atoms with Crippen molar-refractivity contribution in [3.63, 3.8) is 0 Å². The monoisotopic (exact) mass is 293 g/mol. The summed E-state index contributed by atoms with van der Waals surface area (Å²) in [4.78, 5) is 11.9. The molecule has 0 fully saturated rings. The Morgan fingerprint density at radius 3 is 2.38 bits per heavy atom.